The quantitative estimate of drug-likeness (QED) is 0.940. The van der Waals surface area contributed by atoms with E-state index in [-0.39, 0.29) is 0 Å². The van der Waals surface area contributed by atoms with Crippen molar-refractivity contribution in [3.8, 4) is 0 Å². The van der Waals surface area contributed by atoms with E-state index in [1.165, 1.54) is 0 Å². The van der Waals surface area contributed by atoms with Crippen molar-refractivity contribution in [2.75, 3.05) is 0 Å². The lowest BCUT2D eigenvalue weighted by Crippen LogP contribution is -2.23. The molecule has 0 saturated carbocycles. The van der Waals surface area contributed by atoms with Crippen LogP contribution in [0.15, 0.2) is 42.6 Å². The van der Waals surface area contributed by atoms with Crippen LogP contribution in [-0.2, 0) is 4.79 Å². The van der Waals surface area contributed by atoms with E-state index < -0.39 is 11.8 Å². The molecular weight excluding hydrogens is 271 g/mol. The van der Waals surface area contributed by atoms with Crippen molar-refractivity contribution in [3.63, 3.8) is 0 Å². The summed E-state index contributed by atoms with van der Waals surface area (Å²) in [5.41, 5.74) is 6.70. The van der Waals surface area contributed by atoms with E-state index in [4.69, 9.17) is 28.9 Å². The molecule has 1 unspecified atom stereocenters. The molecule has 0 radical (unpaired) electrons. The summed E-state index contributed by atoms with van der Waals surface area (Å²) in [6.45, 7) is 0. The summed E-state index contributed by atoms with van der Waals surface area (Å²) in [4.78, 5) is 15.8. The number of hydrogen-bond acceptors (Lipinski definition) is 2. The van der Waals surface area contributed by atoms with E-state index in [0.29, 0.717) is 21.3 Å². The highest BCUT2D eigenvalue weighted by Gasteiger charge is 2.21. The summed E-state index contributed by atoms with van der Waals surface area (Å²) >= 11 is 11.8. The van der Waals surface area contributed by atoms with E-state index in [1.807, 2.05) is 0 Å². The fourth-order valence-electron chi connectivity index (χ4n) is 1.72. The average molecular weight is 281 g/mol. The molecule has 2 aromatic rings. The summed E-state index contributed by atoms with van der Waals surface area (Å²) in [6.07, 6.45) is 1.61. The van der Waals surface area contributed by atoms with Gasteiger partial charge in [-0.2, -0.15) is 0 Å². The molecule has 18 heavy (non-hydrogen) atoms. The first-order valence-corrected chi connectivity index (χ1v) is 6.00. The van der Waals surface area contributed by atoms with Gasteiger partial charge in [-0.3, -0.25) is 9.78 Å². The smallest absolute Gasteiger partial charge is 0.231 e. The molecule has 1 heterocycles. The molecule has 1 aromatic carbocycles. The Hall–Kier alpha value is -1.58. The molecule has 0 aliphatic heterocycles. The van der Waals surface area contributed by atoms with E-state index in [0.717, 1.165) is 0 Å². The highest BCUT2D eigenvalue weighted by atomic mass is 35.5. The molecule has 3 nitrogen and oxygen atoms in total. The Labute approximate surface area is 115 Å². The van der Waals surface area contributed by atoms with Gasteiger partial charge in [-0.1, -0.05) is 35.3 Å². The maximum Gasteiger partial charge on any atom is 0.231 e. The van der Waals surface area contributed by atoms with Gasteiger partial charge in [0.2, 0.25) is 5.91 Å². The van der Waals surface area contributed by atoms with E-state index >= 15 is 0 Å². The number of nitrogens with two attached hydrogens (primary N) is 1. The van der Waals surface area contributed by atoms with Gasteiger partial charge in [-0.15, -0.1) is 0 Å². The van der Waals surface area contributed by atoms with Crippen LogP contribution in [-0.4, -0.2) is 10.9 Å². The molecule has 2 rings (SSSR count). The van der Waals surface area contributed by atoms with Crippen molar-refractivity contribution in [1.82, 2.24) is 4.98 Å². The number of halogens is 2. The number of primary amides is 1. The fourth-order valence-corrected chi connectivity index (χ4v) is 2.03. The lowest BCUT2D eigenvalue weighted by molar-refractivity contribution is -0.118. The van der Waals surface area contributed by atoms with Crippen LogP contribution in [0.3, 0.4) is 0 Å². The largest absolute Gasteiger partial charge is 0.369 e. The molecule has 92 valence electrons. The second kappa shape index (κ2) is 5.38. The monoisotopic (exact) mass is 280 g/mol. The average Bonchev–Trinajstić information content (AvgIpc) is 2.35. The van der Waals surface area contributed by atoms with Gasteiger partial charge in [0.15, 0.2) is 0 Å². The third-order valence-corrected chi connectivity index (χ3v) is 3.28. The van der Waals surface area contributed by atoms with Gasteiger partial charge in [-0.25, -0.2) is 0 Å². The van der Waals surface area contributed by atoms with E-state index in [9.17, 15) is 4.79 Å². The van der Waals surface area contributed by atoms with Crippen LogP contribution in [0.25, 0.3) is 0 Å². The number of nitrogens with zero attached hydrogens (tertiary/aromatic N) is 1. The number of hydrogen-bond donors (Lipinski definition) is 1. The Kier molecular flexibility index (Phi) is 3.84. The predicted molar refractivity (Wildman–Crippen MR) is 71.7 cm³/mol. The first-order chi connectivity index (χ1) is 8.59. The van der Waals surface area contributed by atoms with Crippen LogP contribution in [0, 0.1) is 0 Å². The van der Waals surface area contributed by atoms with Crippen LogP contribution in [0.5, 0.6) is 0 Å². The fraction of sp³-hybridized carbons (Fsp3) is 0.0769. The van der Waals surface area contributed by atoms with Crippen molar-refractivity contribution in [1.29, 1.82) is 0 Å². The molecule has 1 amide bonds. The van der Waals surface area contributed by atoms with Gasteiger partial charge in [0.1, 0.15) is 5.92 Å². The Bertz CT molecular complexity index is 572. The normalized spacial score (nSPS) is 12.1. The van der Waals surface area contributed by atoms with Crippen LogP contribution in [0.1, 0.15) is 17.2 Å². The number of rotatable bonds is 3. The van der Waals surface area contributed by atoms with Crippen LogP contribution < -0.4 is 5.73 Å². The first kappa shape index (κ1) is 12.9. The first-order valence-electron chi connectivity index (χ1n) is 5.25. The second-order valence-corrected chi connectivity index (χ2v) is 4.58. The third-order valence-electron chi connectivity index (χ3n) is 2.55. The third kappa shape index (κ3) is 2.63. The molecular formula is C13H10Cl2N2O. The number of carbonyl (C=O) groups excluding carboxylic acids is 1. The summed E-state index contributed by atoms with van der Waals surface area (Å²) in [6, 6.07) is 10.3. The minimum atomic E-state index is -0.624. The van der Waals surface area contributed by atoms with Crippen LogP contribution in [0.2, 0.25) is 10.0 Å². The molecule has 0 spiro atoms. The van der Waals surface area contributed by atoms with Gasteiger partial charge in [0, 0.05) is 6.20 Å². The Balaban J connectivity index is 2.49. The zero-order valence-corrected chi connectivity index (χ0v) is 10.8. The van der Waals surface area contributed by atoms with Crippen LogP contribution >= 0.6 is 23.2 Å². The number of pyridine rings is 1. The second-order valence-electron chi connectivity index (χ2n) is 3.76. The molecule has 2 N–H and O–H groups in total. The Morgan fingerprint density at radius 3 is 2.50 bits per heavy atom. The molecule has 5 heteroatoms. The van der Waals surface area contributed by atoms with Gasteiger partial charge in [0.05, 0.1) is 15.7 Å². The maximum absolute atomic E-state index is 11.6. The lowest BCUT2D eigenvalue weighted by Gasteiger charge is -2.13. The SMILES string of the molecule is NC(=O)C(c1ccc(Cl)c(Cl)c1)c1ccccn1. The number of aromatic nitrogens is 1. The molecule has 0 aliphatic carbocycles. The van der Waals surface area contributed by atoms with Gasteiger partial charge in [0.25, 0.3) is 0 Å². The summed E-state index contributed by atoms with van der Waals surface area (Å²) in [7, 11) is 0. The van der Waals surface area contributed by atoms with Crippen molar-refractivity contribution < 1.29 is 4.79 Å². The summed E-state index contributed by atoms with van der Waals surface area (Å²) < 4.78 is 0. The lowest BCUT2D eigenvalue weighted by atomic mass is 9.94. The molecule has 1 atom stereocenters. The van der Waals surface area contributed by atoms with Crippen LogP contribution in [0.4, 0.5) is 0 Å². The summed E-state index contributed by atoms with van der Waals surface area (Å²) in [5, 5.41) is 0.820. The van der Waals surface area contributed by atoms with Crippen molar-refractivity contribution in [3.05, 3.63) is 63.9 Å². The Morgan fingerprint density at radius 2 is 1.94 bits per heavy atom. The molecule has 1 aromatic heterocycles. The summed E-state index contributed by atoms with van der Waals surface area (Å²) in [5.74, 6) is -1.10. The zero-order chi connectivity index (χ0) is 13.1. The molecule has 0 saturated heterocycles. The number of amides is 1. The van der Waals surface area contributed by atoms with Gasteiger partial charge >= 0.3 is 0 Å². The van der Waals surface area contributed by atoms with Gasteiger partial charge in [-0.05, 0) is 29.8 Å². The van der Waals surface area contributed by atoms with Crippen molar-refractivity contribution in [2.24, 2.45) is 5.73 Å². The number of benzene rings is 1. The zero-order valence-electron chi connectivity index (χ0n) is 9.31. The highest BCUT2D eigenvalue weighted by Crippen LogP contribution is 2.29. The molecule has 0 fully saturated rings. The molecule has 0 aliphatic rings. The topological polar surface area (TPSA) is 56.0 Å². The van der Waals surface area contributed by atoms with Gasteiger partial charge < -0.3 is 5.73 Å². The Morgan fingerprint density at radius 1 is 1.17 bits per heavy atom. The van der Waals surface area contributed by atoms with Crippen molar-refractivity contribution in [2.45, 2.75) is 5.92 Å². The molecule has 0 bridgehead atoms. The van der Waals surface area contributed by atoms with E-state index in [2.05, 4.69) is 4.98 Å². The standard InChI is InChI=1S/C13H10Cl2N2O/c14-9-5-4-8(7-10(9)15)12(13(16)18)11-3-1-2-6-17-11/h1-7,12H,(H2,16,18). The minimum Gasteiger partial charge on any atom is -0.369 e. The minimum absolute atomic E-state index is 0.386. The maximum atomic E-state index is 11.6. The highest BCUT2D eigenvalue weighted by molar-refractivity contribution is 6.42. The van der Waals surface area contributed by atoms with Crippen molar-refractivity contribution >= 4 is 29.1 Å². The predicted octanol–water partition coefficient (Wildman–Crippen LogP) is 3.01. The van der Waals surface area contributed by atoms with E-state index in [1.54, 1.807) is 42.6 Å². The number of carbonyl (C=O) groups is 1.